The van der Waals surface area contributed by atoms with Crippen molar-refractivity contribution in [2.75, 3.05) is 19.8 Å². The largest absolute Gasteiger partial charge is 0.479 e. The van der Waals surface area contributed by atoms with E-state index in [1.165, 1.54) is 0 Å². The highest BCUT2D eigenvalue weighted by molar-refractivity contribution is 5.87. The molecule has 2 N–H and O–H groups in total. The molecule has 2 heterocycles. The molecule has 6 nitrogen and oxygen atoms in total. The quantitative estimate of drug-likeness (QED) is 0.821. The van der Waals surface area contributed by atoms with E-state index in [-0.39, 0.29) is 18.7 Å². The number of rotatable bonds is 4. The third kappa shape index (κ3) is 3.06. The maximum Gasteiger partial charge on any atom is 0.332 e. The molecule has 6 heteroatoms. The first-order chi connectivity index (χ1) is 9.59. The van der Waals surface area contributed by atoms with Crippen LogP contribution >= 0.6 is 0 Å². The predicted octanol–water partition coefficient (Wildman–Crippen LogP) is 1.59. The van der Waals surface area contributed by atoms with Gasteiger partial charge in [-0.2, -0.15) is 0 Å². The molecule has 2 saturated heterocycles. The summed E-state index contributed by atoms with van der Waals surface area (Å²) < 4.78 is 5.17. The number of ether oxygens (including phenoxy) is 1. The van der Waals surface area contributed by atoms with Crippen LogP contribution in [0.4, 0.5) is 4.79 Å². The second-order valence-electron chi connectivity index (χ2n) is 5.75. The van der Waals surface area contributed by atoms with Crippen molar-refractivity contribution in [3.05, 3.63) is 0 Å². The molecule has 0 aromatic carbocycles. The minimum Gasteiger partial charge on any atom is -0.479 e. The van der Waals surface area contributed by atoms with Crippen molar-refractivity contribution in [3.8, 4) is 0 Å². The number of carboxylic acid groups (broad SMARTS) is 1. The fourth-order valence-electron chi connectivity index (χ4n) is 3.06. The first-order valence-corrected chi connectivity index (χ1v) is 7.49. The molecule has 2 aliphatic heterocycles. The SMILES string of the molecule is CCCC1CCCCN1C(=O)NC1(C(=O)O)CCOC1. The molecule has 0 radical (unpaired) electrons. The van der Waals surface area contributed by atoms with Crippen LogP contribution in [0.3, 0.4) is 0 Å². The van der Waals surface area contributed by atoms with Gasteiger partial charge in [-0.15, -0.1) is 0 Å². The Hall–Kier alpha value is -1.30. The number of nitrogens with zero attached hydrogens (tertiary/aromatic N) is 1. The predicted molar refractivity (Wildman–Crippen MR) is 73.6 cm³/mol. The average Bonchev–Trinajstić information content (AvgIpc) is 2.89. The molecule has 2 aliphatic rings. The van der Waals surface area contributed by atoms with Gasteiger partial charge in [0.1, 0.15) is 0 Å². The number of nitrogens with one attached hydrogen (secondary N) is 1. The highest BCUT2D eigenvalue weighted by Crippen LogP contribution is 2.24. The number of carbonyl (C=O) groups excluding carboxylic acids is 1. The Labute approximate surface area is 119 Å². The fraction of sp³-hybridized carbons (Fsp3) is 0.857. The van der Waals surface area contributed by atoms with Crippen molar-refractivity contribution in [2.45, 2.75) is 57.0 Å². The number of hydrogen-bond acceptors (Lipinski definition) is 3. The molecule has 2 amide bonds. The number of amides is 2. The average molecular weight is 284 g/mol. The van der Waals surface area contributed by atoms with E-state index in [0.29, 0.717) is 19.6 Å². The van der Waals surface area contributed by atoms with Gasteiger partial charge in [0.05, 0.1) is 6.61 Å². The monoisotopic (exact) mass is 284 g/mol. The van der Waals surface area contributed by atoms with Gasteiger partial charge in [-0.3, -0.25) is 0 Å². The topological polar surface area (TPSA) is 78.9 Å². The first kappa shape index (κ1) is 15.1. The van der Waals surface area contributed by atoms with Gasteiger partial charge >= 0.3 is 12.0 Å². The number of hydrogen-bond donors (Lipinski definition) is 2. The van der Waals surface area contributed by atoms with Gasteiger partial charge < -0.3 is 20.1 Å². The van der Waals surface area contributed by atoms with Crippen molar-refractivity contribution < 1.29 is 19.4 Å². The molecule has 0 aromatic heterocycles. The third-order valence-electron chi connectivity index (χ3n) is 4.29. The molecule has 0 spiro atoms. The van der Waals surface area contributed by atoms with Crippen LogP contribution in [0.25, 0.3) is 0 Å². The van der Waals surface area contributed by atoms with Gasteiger partial charge in [-0.05, 0) is 25.7 Å². The van der Waals surface area contributed by atoms with Gasteiger partial charge in [-0.1, -0.05) is 13.3 Å². The lowest BCUT2D eigenvalue weighted by Gasteiger charge is -2.37. The van der Waals surface area contributed by atoms with E-state index in [1.54, 1.807) is 0 Å². The second kappa shape index (κ2) is 6.43. The molecule has 2 unspecified atom stereocenters. The Morgan fingerprint density at radius 3 is 2.85 bits per heavy atom. The molecule has 0 aliphatic carbocycles. The van der Waals surface area contributed by atoms with Gasteiger partial charge in [-0.25, -0.2) is 9.59 Å². The molecule has 114 valence electrons. The number of aliphatic carboxylic acids is 1. The van der Waals surface area contributed by atoms with Crippen LogP contribution in [0.1, 0.15) is 45.4 Å². The van der Waals surface area contributed by atoms with Crippen molar-refractivity contribution >= 4 is 12.0 Å². The molecule has 20 heavy (non-hydrogen) atoms. The van der Waals surface area contributed by atoms with Crippen LogP contribution in [-0.2, 0) is 9.53 Å². The Morgan fingerprint density at radius 1 is 1.45 bits per heavy atom. The second-order valence-corrected chi connectivity index (χ2v) is 5.75. The molecule has 2 atom stereocenters. The molecule has 2 fully saturated rings. The summed E-state index contributed by atoms with van der Waals surface area (Å²) in [5.74, 6) is -1.01. The Bertz CT molecular complexity index is 364. The highest BCUT2D eigenvalue weighted by atomic mass is 16.5. The first-order valence-electron chi connectivity index (χ1n) is 7.49. The summed E-state index contributed by atoms with van der Waals surface area (Å²) in [6, 6.07) is -0.0158. The summed E-state index contributed by atoms with van der Waals surface area (Å²) in [7, 11) is 0. The zero-order valence-corrected chi connectivity index (χ0v) is 12.1. The summed E-state index contributed by atoms with van der Waals surface area (Å²) in [5, 5.41) is 12.1. The van der Waals surface area contributed by atoms with E-state index in [1.807, 2.05) is 4.90 Å². The summed E-state index contributed by atoms with van der Waals surface area (Å²) >= 11 is 0. The van der Waals surface area contributed by atoms with Crippen LogP contribution in [-0.4, -0.2) is 53.3 Å². The maximum absolute atomic E-state index is 12.4. The minimum absolute atomic E-state index is 0.0559. The lowest BCUT2D eigenvalue weighted by molar-refractivity contribution is -0.144. The van der Waals surface area contributed by atoms with Crippen LogP contribution in [0.15, 0.2) is 0 Å². The van der Waals surface area contributed by atoms with E-state index in [4.69, 9.17) is 4.74 Å². The summed E-state index contributed by atoms with van der Waals surface area (Å²) in [5.41, 5.74) is -1.24. The van der Waals surface area contributed by atoms with Gasteiger partial charge in [0.25, 0.3) is 0 Å². The van der Waals surface area contributed by atoms with Crippen molar-refractivity contribution in [1.82, 2.24) is 10.2 Å². The molecule has 2 rings (SSSR count). The van der Waals surface area contributed by atoms with Crippen molar-refractivity contribution in [1.29, 1.82) is 0 Å². The van der Waals surface area contributed by atoms with Gasteiger partial charge in [0, 0.05) is 25.6 Å². The Balaban J connectivity index is 2.03. The molecular formula is C14H24N2O4. The number of carboxylic acids is 1. The van der Waals surface area contributed by atoms with E-state index < -0.39 is 11.5 Å². The number of carbonyl (C=O) groups is 2. The number of piperidine rings is 1. The normalized spacial score (nSPS) is 30.2. The van der Waals surface area contributed by atoms with Gasteiger partial charge in [0.15, 0.2) is 5.54 Å². The van der Waals surface area contributed by atoms with Crippen LogP contribution in [0.2, 0.25) is 0 Å². The summed E-state index contributed by atoms with van der Waals surface area (Å²) in [6.07, 6.45) is 5.48. The Kier molecular flexibility index (Phi) is 4.86. The lowest BCUT2D eigenvalue weighted by Crippen LogP contribution is -2.60. The lowest BCUT2D eigenvalue weighted by atomic mass is 9.97. The van der Waals surface area contributed by atoms with Gasteiger partial charge in [0.2, 0.25) is 0 Å². The van der Waals surface area contributed by atoms with Crippen LogP contribution in [0.5, 0.6) is 0 Å². The fourth-order valence-corrected chi connectivity index (χ4v) is 3.06. The minimum atomic E-state index is -1.24. The summed E-state index contributed by atoms with van der Waals surface area (Å²) in [4.78, 5) is 25.7. The molecule has 0 bridgehead atoms. The Morgan fingerprint density at radius 2 is 2.25 bits per heavy atom. The molecule has 0 saturated carbocycles. The van der Waals surface area contributed by atoms with Crippen LogP contribution < -0.4 is 5.32 Å². The highest BCUT2D eigenvalue weighted by Gasteiger charge is 2.45. The number of urea groups is 1. The van der Waals surface area contributed by atoms with E-state index >= 15 is 0 Å². The zero-order valence-electron chi connectivity index (χ0n) is 12.1. The van der Waals surface area contributed by atoms with E-state index in [2.05, 4.69) is 12.2 Å². The zero-order chi connectivity index (χ0) is 14.6. The standard InChI is InChI=1S/C14H24N2O4/c1-2-5-11-6-3-4-8-16(11)13(19)15-14(12(17)18)7-9-20-10-14/h11H,2-10H2,1H3,(H,15,19)(H,17,18). The number of likely N-dealkylation sites (tertiary alicyclic amines) is 1. The summed E-state index contributed by atoms with van der Waals surface area (Å²) in [6.45, 7) is 3.26. The van der Waals surface area contributed by atoms with Crippen molar-refractivity contribution in [2.24, 2.45) is 0 Å². The third-order valence-corrected chi connectivity index (χ3v) is 4.29. The maximum atomic E-state index is 12.4. The van der Waals surface area contributed by atoms with E-state index in [0.717, 1.165) is 32.1 Å². The molecule has 0 aromatic rings. The van der Waals surface area contributed by atoms with E-state index in [9.17, 15) is 14.7 Å². The molecular weight excluding hydrogens is 260 g/mol. The van der Waals surface area contributed by atoms with Crippen LogP contribution in [0, 0.1) is 0 Å². The smallest absolute Gasteiger partial charge is 0.332 e. The van der Waals surface area contributed by atoms with Crippen molar-refractivity contribution in [3.63, 3.8) is 0 Å².